The predicted octanol–water partition coefficient (Wildman–Crippen LogP) is 3.54. The summed E-state index contributed by atoms with van der Waals surface area (Å²) in [5.41, 5.74) is 2.35. The predicted molar refractivity (Wildman–Crippen MR) is 67.8 cm³/mol. The molecule has 16 heavy (non-hydrogen) atoms. The minimum Gasteiger partial charge on any atom is -0.421 e. The highest BCUT2D eigenvalue weighted by Crippen LogP contribution is 2.28. The molecule has 0 radical (unpaired) electrons. The van der Waals surface area contributed by atoms with Gasteiger partial charge in [0.05, 0.1) is 4.47 Å². The Balaban J connectivity index is 2.54. The molecule has 0 aliphatic rings. The first-order valence-corrected chi connectivity index (χ1v) is 6.12. The van der Waals surface area contributed by atoms with E-state index in [1.54, 1.807) is 0 Å². The summed E-state index contributed by atoms with van der Waals surface area (Å²) in [6, 6.07) is 2.50. The third-order valence-electron chi connectivity index (χ3n) is 2.26. The Kier molecular flexibility index (Phi) is 3.14. The van der Waals surface area contributed by atoms with E-state index in [1.165, 1.54) is 0 Å². The molecule has 0 aliphatic heterocycles. The third-order valence-corrected chi connectivity index (χ3v) is 2.84. The van der Waals surface area contributed by atoms with Crippen LogP contribution in [0.1, 0.15) is 32.4 Å². The second-order valence-electron chi connectivity index (χ2n) is 3.89. The number of rotatable bonds is 3. The van der Waals surface area contributed by atoms with Crippen LogP contribution in [0.2, 0.25) is 0 Å². The van der Waals surface area contributed by atoms with E-state index in [1.807, 2.05) is 13.0 Å². The topological polar surface area (TPSA) is 51.0 Å². The van der Waals surface area contributed by atoms with Gasteiger partial charge in [-0.2, -0.15) is 4.98 Å². The average molecular weight is 284 g/mol. The Morgan fingerprint density at radius 3 is 2.81 bits per heavy atom. The number of pyridine rings is 1. The minimum atomic E-state index is 0.375. The SMILES string of the molecule is CCNc1nc2nc(C(C)C)cc(Br)c2o1. The summed E-state index contributed by atoms with van der Waals surface area (Å²) in [6.07, 6.45) is 0. The van der Waals surface area contributed by atoms with Crippen LogP contribution in [0.3, 0.4) is 0 Å². The van der Waals surface area contributed by atoms with Crippen molar-refractivity contribution in [2.24, 2.45) is 0 Å². The maximum absolute atomic E-state index is 5.54. The van der Waals surface area contributed by atoms with E-state index in [9.17, 15) is 0 Å². The smallest absolute Gasteiger partial charge is 0.297 e. The number of aromatic nitrogens is 2. The maximum atomic E-state index is 5.54. The van der Waals surface area contributed by atoms with Crippen molar-refractivity contribution in [2.75, 3.05) is 11.9 Å². The van der Waals surface area contributed by atoms with Gasteiger partial charge in [-0.15, -0.1) is 0 Å². The highest BCUT2D eigenvalue weighted by molar-refractivity contribution is 9.10. The Morgan fingerprint density at radius 1 is 1.44 bits per heavy atom. The van der Waals surface area contributed by atoms with Crippen molar-refractivity contribution in [3.63, 3.8) is 0 Å². The van der Waals surface area contributed by atoms with Crippen LogP contribution in [0.4, 0.5) is 6.01 Å². The molecule has 0 saturated carbocycles. The zero-order chi connectivity index (χ0) is 11.7. The van der Waals surface area contributed by atoms with Crippen molar-refractivity contribution in [1.82, 2.24) is 9.97 Å². The molecule has 2 rings (SSSR count). The van der Waals surface area contributed by atoms with Gasteiger partial charge in [0.15, 0.2) is 5.58 Å². The number of fused-ring (bicyclic) bond motifs is 1. The Labute approximate surface area is 103 Å². The number of nitrogens with one attached hydrogen (secondary N) is 1. The van der Waals surface area contributed by atoms with Gasteiger partial charge in [-0.1, -0.05) is 13.8 Å². The number of halogens is 1. The summed E-state index contributed by atoms with van der Waals surface area (Å²) in [4.78, 5) is 8.75. The quantitative estimate of drug-likeness (QED) is 0.936. The van der Waals surface area contributed by atoms with E-state index in [0.29, 0.717) is 23.2 Å². The molecule has 86 valence electrons. The highest BCUT2D eigenvalue weighted by atomic mass is 79.9. The first-order chi connectivity index (χ1) is 7.61. The van der Waals surface area contributed by atoms with Gasteiger partial charge >= 0.3 is 0 Å². The minimum absolute atomic E-state index is 0.375. The normalized spacial score (nSPS) is 11.3. The van der Waals surface area contributed by atoms with E-state index >= 15 is 0 Å². The summed E-state index contributed by atoms with van der Waals surface area (Å²) in [7, 11) is 0. The van der Waals surface area contributed by atoms with E-state index in [4.69, 9.17) is 4.42 Å². The second-order valence-corrected chi connectivity index (χ2v) is 4.74. The molecule has 2 aromatic rings. The zero-order valence-corrected chi connectivity index (χ0v) is 11.1. The van der Waals surface area contributed by atoms with Crippen LogP contribution in [0.15, 0.2) is 15.0 Å². The number of oxazole rings is 1. The molecule has 2 heterocycles. The van der Waals surface area contributed by atoms with Gasteiger partial charge in [0.2, 0.25) is 5.65 Å². The molecular weight excluding hydrogens is 270 g/mol. The summed E-state index contributed by atoms with van der Waals surface area (Å²) in [5, 5.41) is 3.03. The number of hydrogen-bond donors (Lipinski definition) is 1. The fraction of sp³-hybridized carbons (Fsp3) is 0.455. The van der Waals surface area contributed by atoms with Gasteiger partial charge in [-0.3, -0.25) is 0 Å². The van der Waals surface area contributed by atoms with E-state index < -0.39 is 0 Å². The lowest BCUT2D eigenvalue weighted by Gasteiger charge is -2.03. The van der Waals surface area contributed by atoms with Crippen LogP contribution in [-0.2, 0) is 0 Å². The summed E-state index contributed by atoms with van der Waals surface area (Å²) in [6.45, 7) is 6.98. The Morgan fingerprint density at radius 2 is 2.19 bits per heavy atom. The molecule has 0 aromatic carbocycles. The third kappa shape index (κ3) is 2.04. The molecule has 0 bridgehead atoms. The van der Waals surface area contributed by atoms with Crippen LogP contribution < -0.4 is 5.32 Å². The zero-order valence-electron chi connectivity index (χ0n) is 9.54. The summed E-state index contributed by atoms with van der Waals surface area (Å²) >= 11 is 3.48. The van der Waals surface area contributed by atoms with Crippen LogP contribution in [0.25, 0.3) is 11.2 Å². The van der Waals surface area contributed by atoms with E-state index in [-0.39, 0.29) is 0 Å². The molecule has 0 atom stereocenters. The molecule has 5 heteroatoms. The number of anilines is 1. The lowest BCUT2D eigenvalue weighted by molar-refractivity contribution is 0.614. The van der Waals surface area contributed by atoms with Crippen molar-refractivity contribution in [2.45, 2.75) is 26.7 Å². The van der Waals surface area contributed by atoms with E-state index in [0.717, 1.165) is 16.7 Å². The van der Waals surface area contributed by atoms with Crippen LogP contribution in [-0.4, -0.2) is 16.5 Å². The fourth-order valence-electron chi connectivity index (χ4n) is 1.42. The second kappa shape index (κ2) is 4.41. The van der Waals surface area contributed by atoms with E-state index in [2.05, 4.69) is 45.1 Å². The average Bonchev–Trinajstić information content (AvgIpc) is 2.61. The molecule has 0 unspecified atom stereocenters. The molecule has 1 N–H and O–H groups in total. The van der Waals surface area contributed by atoms with Crippen LogP contribution >= 0.6 is 15.9 Å². The molecule has 0 saturated heterocycles. The fourth-order valence-corrected chi connectivity index (χ4v) is 1.91. The summed E-state index contributed by atoms with van der Waals surface area (Å²) in [5.74, 6) is 0.375. The molecule has 0 aliphatic carbocycles. The van der Waals surface area contributed by atoms with Crippen molar-refractivity contribution in [3.05, 3.63) is 16.2 Å². The standard InChI is InChI=1S/C11H14BrN3O/c1-4-13-11-15-10-9(16-11)7(12)5-8(14-10)6(2)3/h5-6H,4H2,1-3H3,(H,13,14,15). The van der Waals surface area contributed by atoms with Crippen molar-refractivity contribution >= 4 is 33.2 Å². The Bertz CT molecular complexity index is 507. The first kappa shape index (κ1) is 11.4. The van der Waals surface area contributed by atoms with Crippen LogP contribution in [0, 0.1) is 0 Å². The van der Waals surface area contributed by atoms with Gasteiger partial charge in [0, 0.05) is 12.2 Å². The highest BCUT2D eigenvalue weighted by Gasteiger charge is 2.13. The molecule has 0 spiro atoms. The van der Waals surface area contributed by atoms with Gasteiger partial charge in [0.25, 0.3) is 6.01 Å². The largest absolute Gasteiger partial charge is 0.421 e. The molecule has 0 amide bonds. The van der Waals surface area contributed by atoms with Gasteiger partial charge in [-0.25, -0.2) is 4.98 Å². The number of hydrogen-bond acceptors (Lipinski definition) is 4. The lowest BCUT2D eigenvalue weighted by Crippen LogP contribution is -1.96. The van der Waals surface area contributed by atoms with Gasteiger partial charge < -0.3 is 9.73 Å². The van der Waals surface area contributed by atoms with Crippen molar-refractivity contribution in [3.8, 4) is 0 Å². The number of nitrogens with zero attached hydrogens (tertiary/aromatic N) is 2. The molecule has 2 aromatic heterocycles. The first-order valence-electron chi connectivity index (χ1n) is 5.32. The van der Waals surface area contributed by atoms with Crippen molar-refractivity contribution < 1.29 is 4.42 Å². The van der Waals surface area contributed by atoms with Gasteiger partial charge in [-0.05, 0) is 34.8 Å². The van der Waals surface area contributed by atoms with Gasteiger partial charge in [0.1, 0.15) is 0 Å². The monoisotopic (exact) mass is 283 g/mol. The Hall–Kier alpha value is -1.10. The summed E-state index contributed by atoms with van der Waals surface area (Å²) < 4.78 is 6.44. The van der Waals surface area contributed by atoms with Crippen molar-refractivity contribution in [1.29, 1.82) is 0 Å². The maximum Gasteiger partial charge on any atom is 0.297 e. The lowest BCUT2D eigenvalue weighted by atomic mass is 10.1. The molecule has 0 fully saturated rings. The van der Waals surface area contributed by atoms with Crippen LogP contribution in [0.5, 0.6) is 0 Å². The molecule has 4 nitrogen and oxygen atoms in total. The molecular formula is C11H14BrN3O.